The average molecular weight is 487 g/mol. The minimum Gasteiger partial charge on any atom is -0.490 e. The van der Waals surface area contributed by atoms with E-state index in [-0.39, 0.29) is 29.2 Å². The van der Waals surface area contributed by atoms with Crippen LogP contribution in [0.3, 0.4) is 0 Å². The molecule has 0 saturated heterocycles. The summed E-state index contributed by atoms with van der Waals surface area (Å²) in [6.07, 6.45) is 14.5. The molecule has 0 spiro atoms. The number of thiophene rings is 1. The van der Waals surface area contributed by atoms with Crippen LogP contribution >= 0.6 is 11.3 Å². The van der Waals surface area contributed by atoms with Gasteiger partial charge in [0.25, 0.3) is 0 Å². The molecule has 0 atom stereocenters. The fourth-order valence-electron chi connectivity index (χ4n) is 5.77. The third-order valence-corrected chi connectivity index (χ3v) is 9.08. The molecule has 1 heterocycles. The van der Waals surface area contributed by atoms with Gasteiger partial charge in [-0.25, -0.2) is 8.78 Å². The second-order valence-electron chi connectivity index (χ2n) is 10.3. The van der Waals surface area contributed by atoms with Crippen LogP contribution in [0.1, 0.15) is 84.0 Å². The molecule has 2 saturated carbocycles. The summed E-state index contributed by atoms with van der Waals surface area (Å²) < 4.78 is 43.4. The van der Waals surface area contributed by atoms with E-state index in [1.54, 1.807) is 12.1 Å². The van der Waals surface area contributed by atoms with Gasteiger partial charge in [0.1, 0.15) is 0 Å². The Labute approximate surface area is 205 Å². The number of hydrogen-bond donors (Lipinski definition) is 0. The molecule has 0 bridgehead atoms. The van der Waals surface area contributed by atoms with Gasteiger partial charge in [0.15, 0.2) is 23.1 Å². The molecule has 0 unspecified atom stereocenters. The van der Waals surface area contributed by atoms with Crippen molar-refractivity contribution in [1.29, 1.82) is 0 Å². The highest BCUT2D eigenvalue weighted by Gasteiger charge is 2.24. The Hall–Kier alpha value is -1.88. The molecule has 0 aliphatic heterocycles. The van der Waals surface area contributed by atoms with Crippen molar-refractivity contribution in [2.45, 2.75) is 90.1 Å². The normalized spacial score (nSPS) is 21.5. The highest BCUT2D eigenvalue weighted by Crippen LogP contribution is 2.42. The first-order chi connectivity index (χ1) is 16.6. The largest absolute Gasteiger partial charge is 0.490 e. The molecule has 0 radical (unpaired) electrons. The third kappa shape index (κ3) is 5.05. The minimum atomic E-state index is -0.372. The second-order valence-corrected chi connectivity index (χ2v) is 11.3. The molecule has 2 aliphatic carbocycles. The van der Waals surface area contributed by atoms with Crippen molar-refractivity contribution in [3.05, 3.63) is 35.9 Å². The first kappa shape index (κ1) is 23.8. The van der Waals surface area contributed by atoms with Crippen molar-refractivity contribution in [1.82, 2.24) is 0 Å². The number of fused-ring (bicyclic) bond motifs is 3. The van der Waals surface area contributed by atoms with E-state index in [0.29, 0.717) is 21.9 Å². The van der Waals surface area contributed by atoms with Crippen LogP contribution in [0.25, 0.3) is 20.2 Å². The highest BCUT2D eigenvalue weighted by atomic mass is 32.1. The Morgan fingerprint density at radius 3 is 2.09 bits per heavy atom. The maximum Gasteiger partial charge on any atom is 0.182 e. The van der Waals surface area contributed by atoms with E-state index in [1.165, 1.54) is 51.4 Å². The highest BCUT2D eigenvalue weighted by molar-refractivity contribution is 7.25. The molecular weight excluding hydrogens is 450 g/mol. The predicted molar refractivity (Wildman–Crippen MR) is 137 cm³/mol. The smallest absolute Gasteiger partial charge is 0.182 e. The lowest BCUT2D eigenvalue weighted by molar-refractivity contribution is 0.174. The third-order valence-electron chi connectivity index (χ3n) is 7.87. The van der Waals surface area contributed by atoms with Crippen molar-refractivity contribution in [3.8, 4) is 11.5 Å². The molecule has 184 valence electrons. The summed E-state index contributed by atoms with van der Waals surface area (Å²) in [7, 11) is 0. The molecule has 2 aliphatic rings. The number of rotatable bonds is 9. The Morgan fingerprint density at radius 1 is 0.794 bits per heavy atom. The number of benzene rings is 2. The summed E-state index contributed by atoms with van der Waals surface area (Å²) in [4.78, 5) is 0. The summed E-state index contributed by atoms with van der Waals surface area (Å²) in [5, 5.41) is 1.48. The van der Waals surface area contributed by atoms with Gasteiger partial charge in [-0.2, -0.15) is 0 Å². The van der Waals surface area contributed by atoms with Crippen LogP contribution < -0.4 is 9.47 Å². The van der Waals surface area contributed by atoms with E-state index in [2.05, 4.69) is 6.92 Å². The van der Waals surface area contributed by atoms with Gasteiger partial charge in [0.05, 0.1) is 22.1 Å². The van der Waals surface area contributed by atoms with Gasteiger partial charge in [0.2, 0.25) is 0 Å². The lowest BCUT2D eigenvalue weighted by atomic mass is 9.80. The fourth-order valence-corrected chi connectivity index (χ4v) is 6.93. The van der Waals surface area contributed by atoms with E-state index in [0.717, 1.165) is 53.7 Å². The number of unbranched alkanes of at least 4 members (excludes halogenated alkanes) is 2. The fraction of sp³-hybridized carbons (Fsp3) is 0.586. The van der Waals surface area contributed by atoms with Gasteiger partial charge in [-0.15, -0.1) is 11.3 Å². The molecule has 0 amide bonds. The zero-order chi connectivity index (χ0) is 23.5. The summed E-state index contributed by atoms with van der Waals surface area (Å²) >= 11 is 1.16. The molecule has 2 nitrogen and oxygen atoms in total. The van der Waals surface area contributed by atoms with Gasteiger partial charge in [0, 0.05) is 10.8 Å². The Kier molecular flexibility index (Phi) is 7.58. The van der Waals surface area contributed by atoms with Crippen LogP contribution in [0.5, 0.6) is 11.5 Å². The molecular formula is C29H36F2O2S. The Balaban J connectivity index is 1.26. The molecule has 2 aromatic carbocycles. The lowest BCUT2D eigenvalue weighted by Crippen LogP contribution is -2.20. The standard InChI is InChI=1S/C29H36F2O2S/c1-2-3-4-7-19-10-12-20(13-11-19)18-32-24-16-14-22-23-15-17-25(33-21-8-5-6-9-21)27(31)29(23)34-28(22)26(24)30/h14-17,19-21H,2-13,18H2,1H3. The molecule has 5 heteroatoms. The van der Waals surface area contributed by atoms with Crippen molar-refractivity contribution >= 4 is 31.5 Å². The maximum absolute atomic E-state index is 15.4. The van der Waals surface area contributed by atoms with Crippen molar-refractivity contribution in [2.24, 2.45) is 11.8 Å². The number of hydrogen-bond acceptors (Lipinski definition) is 3. The molecule has 5 rings (SSSR count). The Bertz CT molecular complexity index is 1110. The van der Waals surface area contributed by atoms with E-state index >= 15 is 8.78 Å². The SMILES string of the molecule is CCCCCC1CCC(COc2ccc3c(sc4c(F)c(OC5CCCC5)ccc43)c2F)CC1. The molecule has 34 heavy (non-hydrogen) atoms. The first-order valence-electron chi connectivity index (χ1n) is 13.3. The average Bonchev–Trinajstić information content (AvgIpc) is 3.50. The molecule has 2 fully saturated rings. The molecule has 0 N–H and O–H groups in total. The first-order valence-corrected chi connectivity index (χ1v) is 14.1. The van der Waals surface area contributed by atoms with Crippen molar-refractivity contribution in [3.63, 3.8) is 0 Å². The lowest BCUT2D eigenvalue weighted by Gasteiger charge is -2.28. The summed E-state index contributed by atoms with van der Waals surface area (Å²) in [6.45, 7) is 2.81. The second kappa shape index (κ2) is 10.8. The van der Waals surface area contributed by atoms with Gasteiger partial charge < -0.3 is 9.47 Å². The number of halogens is 2. The van der Waals surface area contributed by atoms with Crippen LogP contribution in [-0.2, 0) is 0 Å². The van der Waals surface area contributed by atoms with E-state index < -0.39 is 0 Å². The predicted octanol–water partition coefficient (Wildman–Crippen LogP) is 9.42. The quantitative estimate of drug-likeness (QED) is 0.280. The monoisotopic (exact) mass is 486 g/mol. The topological polar surface area (TPSA) is 18.5 Å². The Morgan fingerprint density at radius 2 is 1.41 bits per heavy atom. The van der Waals surface area contributed by atoms with Crippen LogP contribution in [0.2, 0.25) is 0 Å². The van der Waals surface area contributed by atoms with E-state index in [4.69, 9.17) is 9.47 Å². The summed E-state index contributed by atoms with van der Waals surface area (Å²) in [5.74, 6) is 1.17. The number of ether oxygens (including phenoxy) is 2. The van der Waals surface area contributed by atoms with Crippen molar-refractivity contribution < 1.29 is 18.3 Å². The molecule has 1 aromatic heterocycles. The minimum absolute atomic E-state index is 0.0875. The van der Waals surface area contributed by atoms with Gasteiger partial charge in [-0.1, -0.05) is 45.4 Å². The van der Waals surface area contributed by atoms with Crippen molar-refractivity contribution in [2.75, 3.05) is 6.61 Å². The maximum atomic E-state index is 15.4. The molecule has 3 aromatic rings. The van der Waals surface area contributed by atoms with Gasteiger partial charge in [-0.3, -0.25) is 0 Å². The van der Waals surface area contributed by atoms with Gasteiger partial charge in [-0.05, 0) is 74.6 Å². The van der Waals surface area contributed by atoms with Gasteiger partial charge >= 0.3 is 0 Å². The summed E-state index contributed by atoms with van der Waals surface area (Å²) in [6, 6.07) is 7.14. The van der Waals surface area contributed by atoms with Crippen LogP contribution in [0, 0.1) is 23.5 Å². The van der Waals surface area contributed by atoms with Crippen LogP contribution in [0.15, 0.2) is 24.3 Å². The van der Waals surface area contributed by atoms with E-state index in [9.17, 15) is 0 Å². The zero-order valence-electron chi connectivity index (χ0n) is 20.2. The van der Waals surface area contributed by atoms with E-state index in [1.807, 2.05) is 12.1 Å². The summed E-state index contributed by atoms with van der Waals surface area (Å²) in [5.41, 5.74) is 0. The zero-order valence-corrected chi connectivity index (χ0v) is 21.0. The van der Waals surface area contributed by atoms with Crippen LogP contribution in [-0.4, -0.2) is 12.7 Å². The van der Waals surface area contributed by atoms with Crippen LogP contribution in [0.4, 0.5) is 8.78 Å².